The molecule has 1 N–H and O–H groups in total. The maximum absolute atomic E-state index is 12.9. The molecule has 2 aromatic carbocycles. The van der Waals surface area contributed by atoms with Crippen molar-refractivity contribution in [2.24, 2.45) is 0 Å². The van der Waals surface area contributed by atoms with Gasteiger partial charge in [0, 0.05) is 5.56 Å². The van der Waals surface area contributed by atoms with Crippen LogP contribution in [0, 0.1) is 5.82 Å². The van der Waals surface area contributed by atoms with Gasteiger partial charge in [-0.05, 0) is 66.7 Å². The van der Waals surface area contributed by atoms with Crippen LogP contribution in [0.15, 0.2) is 67.2 Å². The molecule has 0 fully saturated rings. The van der Waals surface area contributed by atoms with Crippen molar-refractivity contribution in [3.63, 3.8) is 0 Å². The van der Waals surface area contributed by atoms with E-state index < -0.39 is 5.97 Å². The van der Waals surface area contributed by atoms with Gasteiger partial charge in [-0.3, -0.25) is 0 Å². The van der Waals surface area contributed by atoms with Gasteiger partial charge in [-0.25, -0.2) is 14.2 Å². The fraction of sp³-hybridized carbons (Fsp3) is 0. The Bertz CT molecular complexity index is 919. The first-order valence-electron chi connectivity index (χ1n) is 7.47. The molecule has 3 aromatic rings. The molecule has 25 heavy (non-hydrogen) atoms. The largest absolute Gasteiger partial charge is 0.478 e. The van der Waals surface area contributed by atoms with Gasteiger partial charge >= 0.3 is 5.97 Å². The summed E-state index contributed by atoms with van der Waals surface area (Å²) in [6.07, 6.45) is 1.50. The summed E-state index contributed by atoms with van der Waals surface area (Å²) < 4.78 is 18.5. The first kappa shape index (κ1) is 16.4. The molecule has 5 heteroatoms. The summed E-state index contributed by atoms with van der Waals surface area (Å²) in [4.78, 5) is 15.6. The Balaban J connectivity index is 1.87. The van der Waals surface area contributed by atoms with Crippen LogP contribution >= 0.6 is 0 Å². The van der Waals surface area contributed by atoms with Crippen molar-refractivity contribution in [3.05, 3.63) is 84.3 Å². The summed E-state index contributed by atoms with van der Waals surface area (Å²) in [6, 6.07) is 15.7. The Morgan fingerprint density at radius 1 is 1.04 bits per heavy atom. The average Bonchev–Trinajstić information content (AvgIpc) is 2.64. The highest BCUT2D eigenvalue weighted by atomic mass is 19.1. The number of hydrogen-bond acceptors (Lipinski definition) is 3. The Hall–Kier alpha value is -3.47. The van der Waals surface area contributed by atoms with Gasteiger partial charge in [-0.1, -0.05) is 6.58 Å². The number of benzene rings is 2. The number of rotatable bonds is 5. The standard InChI is InChI=1S/C20H14FNO3/c1-2-16-11-14(20(23)24)12-19(22-16)13-3-7-17(8-4-13)25-18-9-5-15(21)6-10-18/h2-12H,1H2,(H,23,24). The van der Waals surface area contributed by atoms with E-state index in [1.807, 2.05) is 0 Å². The molecule has 124 valence electrons. The summed E-state index contributed by atoms with van der Waals surface area (Å²) in [7, 11) is 0. The van der Waals surface area contributed by atoms with Crippen molar-refractivity contribution in [2.45, 2.75) is 0 Å². The Morgan fingerprint density at radius 3 is 2.20 bits per heavy atom. The average molecular weight is 335 g/mol. The van der Waals surface area contributed by atoms with Crippen LogP contribution in [0.3, 0.4) is 0 Å². The van der Waals surface area contributed by atoms with Crippen LogP contribution in [0.25, 0.3) is 17.3 Å². The van der Waals surface area contributed by atoms with Crippen LogP contribution in [-0.2, 0) is 0 Å². The predicted molar refractivity (Wildman–Crippen MR) is 93.2 cm³/mol. The van der Waals surface area contributed by atoms with Crippen LogP contribution < -0.4 is 4.74 Å². The van der Waals surface area contributed by atoms with Gasteiger partial charge in [0.25, 0.3) is 0 Å². The molecule has 0 radical (unpaired) electrons. The lowest BCUT2D eigenvalue weighted by Gasteiger charge is -2.08. The molecule has 0 amide bonds. The minimum absolute atomic E-state index is 0.145. The van der Waals surface area contributed by atoms with Crippen LogP contribution in [0.1, 0.15) is 16.1 Å². The van der Waals surface area contributed by atoms with E-state index in [1.54, 1.807) is 24.3 Å². The van der Waals surface area contributed by atoms with E-state index in [0.29, 0.717) is 22.9 Å². The van der Waals surface area contributed by atoms with Crippen LogP contribution in [0.5, 0.6) is 11.5 Å². The molecule has 0 aliphatic rings. The molecule has 3 rings (SSSR count). The lowest BCUT2D eigenvalue weighted by molar-refractivity contribution is 0.0696. The second-order valence-electron chi connectivity index (χ2n) is 5.26. The second kappa shape index (κ2) is 6.97. The number of nitrogens with zero attached hydrogens (tertiary/aromatic N) is 1. The first-order chi connectivity index (χ1) is 12.0. The highest BCUT2D eigenvalue weighted by Gasteiger charge is 2.09. The highest BCUT2D eigenvalue weighted by Crippen LogP contribution is 2.26. The molecule has 0 bridgehead atoms. The number of halogens is 1. The van der Waals surface area contributed by atoms with E-state index in [1.165, 1.54) is 42.5 Å². The maximum atomic E-state index is 12.9. The summed E-state index contributed by atoms with van der Waals surface area (Å²) in [5, 5.41) is 9.20. The normalized spacial score (nSPS) is 10.3. The quantitative estimate of drug-likeness (QED) is 0.711. The Labute approximate surface area is 143 Å². The number of carboxylic acids is 1. The van der Waals surface area contributed by atoms with E-state index >= 15 is 0 Å². The summed E-state index contributed by atoms with van der Waals surface area (Å²) >= 11 is 0. The molecule has 1 aromatic heterocycles. The molecule has 0 atom stereocenters. The molecule has 1 heterocycles. The molecule has 0 unspecified atom stereocenters. The topological polar surface area (TPSA) is 59.4 Å². The van der Waals surface area contributed by atoms with Crippen LogP contribution in [0.4, 0.5) is 4.39 Å². The molecule has 0 saturated heterocycles. The van der Waals surface area contributed by atoms with Crippen molar-refractivity contribution in [1.82, 2.24) is 4.98 Å². The van der Waals surface area contributed by atoms with E-state index in [9.17, 15) is 14.3 Å². The number of carboxylic acid groups (broad SMARTS) is 1. The Kier molecular flexibility index (Phi) is 4.57. The van der Waals surface area contributed by atoms with Gasteiger partial charge in [-0.15, -0.1) is 0 Å². The molecular formula is C20H14FNO3. The monoisotopic (exact) mass is 335 g/mol. The van der Waals surface area contributed by atoms with Crippen molar-refractivity contribution in [3.8, 4) is 22.8 Å². The number of aromatic nitrogens is 1. The lowest BCUT2D eigenvalue weighted by atomic mass is 10.1. The number of carbonyl (C=O) groups is 1. The van der Waals surface area contributed by atoms with Crippen molar-refractivity contribution in [2.75, 3.05) is 0 Å². The molecule has 0 saturated carbocycles. The third-order valence-electron chi connectivity index (χ3n) is 3.50. The minimum atomic E-state index is -1.02. The molecule has 4 nitrogen and oxygen atoms in total. The zero-order valence-corrected chi connectivity index (χ0v) is 13.1. The van der Waals surface area contributed by atoms with Gasteiger partial charge in [0.05, 0.1) is 17.0 Å². The number of pyridine rings is 1. The SMILES string of the molecule is C=Cc1cc(C(=O)O)cc(-c2ccc(Oc3ccc(F)cc3)cc2)n1. The highest BCUT2D eigenvalue weighted by molar-refractivity contribution is 5.89. The zero-order valence-electron chi connectivity index (χ0n) is 13.1. The summed E-state index contributed by atoms with van der Waals surface area (Å²) in [5.74, 6) is -0.254. The maximum Gasteiger partial charge on any atom is 0.335 e. The van der Waals surface area contributed by atoms with Crippen molar-refractivity contribution in [1.29, 1.82) is 0 Å². The van der Waals surface area contributed by atoms with E-state index in [-0.39, 0.29) is 11.4 Å². The van der Waals surface area contributed by atoms with E-state index in [2.05, 4.69) is 11.6 Å². The van der Waals surface area contributed by atoms with E-state index in [0.717, 1.165) is 5.56 Å². The zero-order chi connectivity index (χ0) is 17.8. The third kappa shape index (κ3) is 3.90. The first-order valence-corrected chi connectivity index (χ1v) is 7.47. The number of hydrogen-bond donors (Lipinski definition) is 1. The predicted octanol–water partition coefficient (Wildman–Crippen LogP) is 5.02. The molecule has 0 spiro atoms. The summed E-state index contributed by atoms with van der Waals surface area (Å²) in [6.45, 7) is 3.63. The molecule has 0 aliphatic carbocycles. The molecular weight excluding hydrogens is 321 g/mol. The van der Waals surface area contributed by atoms with Crippen molar-refractivity contribution < 1.29 is 19.0 Å². The number of aromatic carboxylic acids is 1. The van der Waals surface area contributed by atoms with Crippen LogP contribution in [0.2, 0.25) is 0 Å². The van der Waals surface area contributed by atoms with Gasteiger partial charge in [0.1, 0.15) is 17.3 Å². The minimum Gasteiger partial charge on any atom is -0.478 e. The summed E-state index contributed by atoms with van der Waals surface area (Å²) in [5.41, 5.74) is 1.91. The van der Waals surface area contributed by atoms with Gasteiger partial charge in [0.2, 0.25) is 0 Å². The lowest BCUT2D eigenvalue weighted by Crippen LogP contribution is -1.99. The third-order valence-corrected chi connectivity index (χ3v) is 3.50. The fourth-order valence-electron chi connectivity index (χ4n) is 2.26. The fourth-order valence-corrected chi connectivity index (χ4v) is 2.26. The van der Waals surface area contributed by atoms with Gasteiger partial charge in [0.15, 0.2) is 0 Å². The smallest absolute Gasteiger partial charge is 0.335 e. The van der Waals surface area contributed by atoms with Gasteiger partial charge in [-0.2, -0.15) is 0 Å². The van der Waals surface area contributed by atoms with E-state index in [4.69, 9.17) is 4.74 Å². The Morgan fingerprint density at radius 2 is 1.64 bits per heavy atom. The van der Waals surface area contributed by atoms with Crippen LogP contribution in [-0.4, -0.2) is 16.1 Å². The molecule has 0 aliphatic heterocycles. The second-order valence-corrected chi connectivity index (χ2v) is 5.26. The number of ether oxygens (including phenoxy) is 1. The van der Waals surface area contributed by atoms with Gasteiger partial charge < -0.3 is 9.84 Å². The van der Waals surface area contributed by atoms with Crippen molar-refractivity contribution >= 4 is 12.0 Å².